The summed E-state index contributed by atoms with van der Waals surface area (Å²) < 4.78 is 4.98. The molecule has 2 aliphatic rings. The van der Waals surface area contributed by atoms with Crippen molar-refractivity contribution < 1.29 is 14.3 Å². The van der Waals surface area contributed by atoms with E-state index in [9.17, 15) is 9.59 Å². The van der Waals surface area contributed by atoms with Crippen molar-refractivity contribution in [1.29, 1.82) is 0 Å². The monoisotopic (exact) mass is 337 g/mol. The number of alkyl halides is 1. The smallest absolute Gasteiger partial charge is 0.321 e. The average molecular weight is 337 g/mol. The van der Waals surface area contributed by atoms with Crippen LogP contribution in [-0.4, -0.2) is 33.4 Å². The molecule has 1 N–H and O–H groups in total. The van der Waals surface area contributed by atoms with Crippen LogP contribution in [0, 0.1) is 0 Å². The van der Waals surface area contributed by atoms with E-state index in [1.54, 1.807) is 0 Å². The number of ketones is 1. The molecule has 2 bridgehead atoms. The molecular weight excluding hydrogens is 321 g/mol. The van der Waals surface area contributed by atoms with Gasteiger partial charge in [0.15, 0.2) is 0 Å². The Morgan fingerprint density at radius 3 is 2.81 bits per heavy atom. The lowest BCUT2D eigenvalue weighted by atomic mass is 10.0. The maximum Gasteiger partial charge on any atom is 0.321 e. The fraction of sp³-hybridized carbons (Fsp3) is 0.818. The lowest BCUT2D eigenvalue weighted by Gasteiger charge is -2.24. The minimum Gasteiger partial charge on any atom is -0.460 e. The van der Waals surface area contributed by atoms with Gasteiger partial charge in [-0.3, -0.25) is 9.59 Å². The number of rotatable bonds is 2. The molecule has 3 atom stereocenters. The molecule has 16 heavy (non-hydrogen) atoms. The summed E-state index contributed by atoms with van der Waals surface area (Å²) in [6, 6.07) is 0.246. The van der Waals surface area contributed by atoms with Crippen molar-refractivity contribution in [1.82, 2.24) is 5.32 Å². The number of carbonyl (C=O) groups is 2. The predicted molar refractivity (Wildman–Crippen MR) is 67.5 cm³/mol. The normalized spacial score (nSPS) is 33.9. The molecule has 0 saturated carbocycles. The Balaban J connectivity index is 1.97. The average Bonchev–Trinajstić information content (AvgIpc) is 2.40. The first-order valence-corrected chi connectivity index (χ1v) is 6.62. The van der Waals surface area contributed by atoms with Crippen molar-refractivity contribution >= 4 is 34.3 Å². The van der Waals surface area contributed by atoms with E-state index in [2.05, 4.69) is 27.9 Å². The first kappa shape index (κ1) is 12.3. The van der Waals surface area contributed by atoms with Gasteiger partial charge in [0, 0.05) is 25.3 Å². The molecule has 0 spiro atoms. The lowest BCUT2D eigenvalue weighted by Crippen LogP contribution is -2.43. The SMILES string of the molecule is CC(C)(I)C(=O)OC1CC2CC(=O)CC1N2. The maximum absolute atomic E-state index is 11.7. The Morgan fingerprint density at radius 2 is 2.19 bits per heavy atom. The molecule has 0 aromatic carbocycles. The molecule has 0 radical (unpaired) electrons. The molecule has 0 amide bonds. The molecule has 0 aromatic rings. The number of hydrogen-bond acceptors (Lipinski definition) is 4. The Morgan fingerprint density at radius 1 is 1.50 bits per heavy atom. The number of halogens is 1. The van der Waals surface area contributed by atoms with Gasteiger partial charge in [-0.25, -0.2) is 0 Å². The Bertz CT molecular complexity index is 324. The number of hydrogen-bond donors (Lipinski definition) is 1. The third-order valence-corrected chi connectivity index (χ3v) is 3.52. The Labute approximate surface area is 109 Å². The summed E-state index contributed by atoms with van der Waals surface area (Å²) >= 11 is 2.07. The minimum atomic E-state index is -0.502. The highest BCUT2D eigenvalue weighted by molar-refractivity contribution is 14.1. The molecular formula is C11H16INO3. The zero-order valence-electron chi connectivity index (χ0n) is 9.46. The maximum atomic E-state index is 11.7. The van der Waals surface area contributed by atoms with Crippen LogP contribution in [0.1, 0.15) is 33.1 Å². The quantitative estimate of drug-likeness (QED) is 0.468. The van der Waals surface area contributed by atoms with Gasteiger partial charge in [0.25, 0.3) is 0 Å². The fourth-order valence-electron chi connectivity index (χ4n) is 2.27. The minimum absolute atomic E-state index is 0.0361. The first-order valence-electron chi connectivity index (χ1n) is 5.54. The standard InChI is InChI=1S/C11H16INO3/c1-11(2,12)10(15)16-9-4-6-3-7(14)5-8(9)13-6/h6,8-9,13H,3-5H2,1-2H3. The molecule has 4 nitrogen and oxygen atoms in total. The van der Waals surface area contributed by atoms with Crippen molar-refractivity contribution in [2.45, 2.75) is 54.7 Å². The van der Waals surface area contributed by atoms with Gasteiger partial charge >= 0.3 is 5.97 Å². The molecule has 90 valence electrons. The zero-order chi connectivity index (χ0) is 11.9. The van der Waals surface area contributed by atoms with Crippen molar-refractivity contribution in [3.8, 4) is 0 Å². The highest BCUT2D eigenvalue weighted by Gasteiger charge is 2.43. The summed E-state index contributed by atoms with van der Waals surface area (Å²) in [6.07, 6.45) is 1.72. The predicted octanol–water partition coefficient (Wildman–Crippen LogP) is 1.21. The van der Waals surface area contributed by atoms with Crippen LogP contribution in [0.4, 0.5) is 0 Å². The number of nitrogens with one attached hydrogen (secondary N) is 1. The van der Waals surface area contributed by atoms with Gasteiger partial charge in [-0.1, -0.05) is 22.6 Å². The van der Waals surface area contributed by atoms with E-state index in [0.717, 1.165) is 6.42 Å². The van der Waals surface area contributed by atoms with Crippen molar-refractivity contribution in [2.24, 2.45) is 0 Å². The van der Waals surface area contributed by atoms with Gasteiger partial charge in [-0.2, -0.15) is 0 Å². The Kier molecular flexibility index (Phi) is 3.27. The second-order valence-corrected chi connectivity index (χ2v) is 7.77. The van der Waals surface area contributed by atoms with Crippen LogP contribution < -0.4 is 5.32 Å². The molecule has 2 heterocycles. The van der Waals surface area contributed by atoms with Gasteiger partial charge in [-0.15, -0.1) is 0 Å². The van der Waals surface area contributed by atoms with E-state index < -0.39 is 3.42 Å². The second-order valence-electron chi connectivity index (χ2n) is 5.07. The van der Waals surface area contributed by atoms with Gasteiger partial charge in [0.1, 0.15) is 15.3 Å². The molecule has 0 aromatic heterocycles. The van der Waals surface area contributed by atoms with E-state index in [0.29, 0.717) is 12.8 Å². The molecule has 0 aliphatic carbocycles. The third-order valence-electron chi connectivity index (χ3n) is 3.08. The van der Waals surface area contributed by atoms with Gasteiger partial charge in [-0.05, 0) is 13.8 Å². The lowest BCUT2D eigenvalue weighted by molar-refractivity contribution is -0.151. The van der Waals surface area contributed by atoms with Crippen molar-refractivity contribution in [2.75, 3.05) is 0 Å². The highest BCUT2D eigenvalue weighted by atomic mass is 127. The number of piperidine rings is 1. The molecule has 2 rings (SSSR count). The van der Waals surface area contributed by atoms with Crippen LogP contribution in [0.15, 0.2) is 0 Å². The molecule has 3 unspecified atom stereocenters. The zero-order valence-corrected chi connectivity index (χ0v) is 11.6. The van der Waals surface area contributed by atoms with Crippen LogP contribution in [0.5, 0.6) is 0 Å². The number of carbonyl (C=O) groups excluding carboxylic acids is 2. The van der Waals surface area contributed by atoms with Crippen LogP contribution in [0.25, 0.3) is 0 Å². The van der Waals surface area contributed by atoms with Crippen molar-refractivity contribution in [3.63, 3.8) is 0 Å². The second kappa shape index (κ2) is 4.25. The number of Topliss-reactive ketones (excluding diaryl/α,β-unsaturated/α-hetero) is 1. The summed E-state index contributed by atoms with van der Waals surface area (Å²) in [5.41, 5.74) is 0. The summed E-state index contributed by atoms with van der Waals surface area (Å²) in [6.45, 7) is 3.66. The first-order chi connectivity index (χ1) is 7.36. The van der Waals surface area contributed by atoms with E-state index in [-0.39, 0.29) is 29.9 Å². The third kappa shape index (κ3) is 2.56. The van der Waals surface area contributed by atoms with Crippen LogP contribution in [0.3, 0.4) is 0 Å². The number of esters is 1. The molecule has 2 aliphatic heterocycles. The van der Waals surface area contributed by atoms with E-state index in [1.807, 2.05) is 13.8 Å². The molecule has 2 fully saturated rings. The topological polar surface area (TPSA) is 55.4 Å². The van der Waals surface area contributed by atoms with E-state index in [1.165, 1.54) is 0 Å². The van der Waals surface area contributed by atoms with Crippen LogP contribution >= 0.6 is 22.6 Å². The Hall–Kier alpha value is -0.170. The molecule has 2 saturated heterocycles. The highest BCUT2D eigenvalue weighted by Crippen LogP contribution is 2.29. The number of ether oxygens (including phenoxy) is 1. The van der Waals surface area contributed by atoms with Crippen LogP contribution in [0.2, 0.25) is 0 Å². The van der Waals surface area contributed by atoms with E-state index >= 15 is 0 Å². The van der Waals surface area contributed by atoms with Crippen molar-refractivity contribution in [3.05, 3.63) is 0 Å². The number of fused-ring (bicyclic) bond motifs is 2. The summed E-state index contributed by atoms with van der Waals surface area (Å²) in [5, 5.41) is 3.33. The van der Waals surface area contributed by atoms with Gasteiger partial charge in [0.05, 0.1) is 6.04 Å². The van der Waals surface area contributed by atoms with E-state index in [4.69, 9.17) is 4.74 Å². The fourth-order valence-corrected chi connectivity index (χ4v) is 2.39. The van der Waals surface area contributed by atoms with Gasteiger partial charge in [0.2, 0.25) is 0 Å². The summed E-state index contributed by atoms with van der Waals surface area (Å²) in [7, 11) is 0. The van der Waals surface area contributed by atoms with Crippen LogP contribution in [-0.2, 0) is 14.3 Å². The summed E-state index contributed by atoms with van der Waals surface area (Å²) in [4.78, 5) is 23.1. The largest absolute Gasteiger partial charge is 0.460 e. The summed E-state index contributed by atoms with van der Waals surface area (Å²) in [5.74, 6) is 0.0842. The van der Waals surface area contributed by atoms with Gasteiger partial charge < -0.3 is 10.1 Å². The molecule has 5 heteroatoms.